The van der Waals surface area contributed by atoms with Gasteiger partial charge in [0.2, 0.25) is 5.91 Å². The van der Waals surface area contributed by atoms with Gasteiger partial charge in [0.15, 0.2) is 0 Å². The summed E-state index contributed by atoms with van der Waals surface area (Å²) in [7, 11) is 0. The Hall–Kier alpha value is -2.82. The molecule has 0 unspecified atom stereocenters. The first-order chi connectivity index (χ1) is 12.5. The molecular formula is C21H25N3O2. The number of amides is 2. The van der Waals surface area contributed by atoms with Crippen molar-refractivity contribution < 1.29 is 9.59 Å². The molecule has 0 aromatic heterocycles. The molecule has 26 heavy (non-hydrogen) atoms. The SMILES string of the molecule is Cc1cccc(Nc2ccccc2C(=O)N2CCC(C(N)=O)CC2)c1C. The number of hydrogen-bond donors (Lipinski definition) is 2. The Bertz CT molecular complexity index is 824. The fraction of sp³-hybridized carbons (Fsp3) is 0.333. The molecular weight excluding hydrogens is 326 g/mol. The standard InChI is InChI=1S/C21H25N3O2/c1-14-6-5-9-18(15(14)2)23-19-8-4-3-7-17(19)21(26)24-12-10-16(11-13-24)20(22)25/h3-9,16,23H,10-13H2,1-2H3,(H2,22,25). The summed E-state index contributed by atoms with van der Waals surface area (Å²) in [5.74, 6) is -0.405. The van der Waals surface area contributed by atoms with Crippen molar-refractivity contribution in [3.05, 3.63) is 59.2 Å². The van der Waals surface area contributed by atoms with E-state index in [0.717, 1.165) is 16.9 Å². The van der Waals surface area contributed by atoms with Crippen molar-refractivity contribution in [1.29, 1.82) is 0 Å². The number of hydrogen-bond acceptors (Lipinski definition) is 3. The molecule has 0 bridgehead atoms. The van der Waals surface area contributed by atoms with E-state index in [1.165, 1.54) is 5.56 Å². The largest absolute Gasteiger partial charge is 0.369 e. The van der Waals surface area contributed by atoms with Crippen molar-refractivity contribution in [3.63, 3.8) is 0 Å². The van der Waals surface area contributed by atoms with E-state index < -0.39 is 0 Å². The number of nitrogens with two attached hydrogens (primary N) is 1. The third-order valence-corrected chi connectivity index (χ3v) is 5.22. The number of carbonyl (C=O) groups excluding carboxylic acids is 2. The van der Waals surface area contributed by atoms with Crippen LogP contribution in [0.1, 0.15) is 34.3 Å². The van der Waals surface area contributed by atoms with Crippen molar-refractivity contribution in [2.75, 3.05) is 18.4 Å². The smallest absolute Gasteiger partial charge is 0.255 e. The molecule has 0 saturated carbocycles. The molecule has 0 spiro atoms. The van der Waals surface area contributed by atoms with Gasteiger partial charge in [-0.25, -0.2) is 0 Å². The number of carbonyl (C=O) groups is 2. The van der Waals surface area contributed by atoms with Crippen LogP contribution in [-0.4, -0.2) is 29.8 Å². The van der Waals surface area contributed by atoms with E-state index in [1.807, 2.05) is 41.3 Å². The molecule has 0 atom stereocenters. The van der Waals surface area contributed by atoms with Crippen LogP contribution in [-0.2, 0) is 4.79 Å². The molecule has 0 aliphatic carbocycles. The van der Waals surface area contributed by atoms with Gasteiger partial charge in [-0.2, -0.15) is 0 Å². The monoisotopic (exact) mass is 351 g/mol. The molecule has 3 N–H and O–H groups in total. The summed E-state index contributed by atoms with van der Waals surface area (Å²) in [5, 5.41) is 3.41. The summed E-state index contributed by atoms with van der Waals surface area (Å²) in [6, 6.07) is 13.6. The van der Waals surface area contributed by atoms with Gasteiger partial charge in [0.05, 0.1) is 11.3 Å². The van der Waals surface area contributed by atoms with E-state index in [4.69, 9.17) is 5.73 Å². The normalized spacial score (nSPS) is 14.9. The van der Waals surface area contributed by atoms with Gasteiger partial charge in [-0.15, -0.1) is 0 Å². The average molecular weight is 351 g/mol. The predicted molar refractivity (Wildman–Crippen MR) is 103 cm³/mol. The number of piperidine rings is 1. The lowest BCUT2D eigenvalue weighted by Crippen LogP contribution is -2.41. The summed E-state index contributed by atoms with van der Waals surface area (Å²) in [5.41, 5.74) is 10.2. The second-order valence-electron chi connectivity index (χ2n) is 6.89. The van der Waals surface area contributed by atoms with E-state index in [-0.39, 0.29) is 17.7 Å². The second kappa shape index (κ2) is 7.60. The van der Waals surface area contributed by atoms with Crippen LogP contribution in [0.5, 0.6) is 0 Å². The van der Waals surface area contributed by atoms with E-state index >= 15 is 0 Å². The van der Waals surface area contributed by atoms with Crippen LogP contribution in [0.15, 0.2) is 42.5 Å². The number of rotatable bonds is 4. The number of nitrogens with zero attached hydrogens (tertiary/aromatic N) is 1. The van der Waals surface area contributed by atoms with Crippen LogP contribution in [0.25, 0.3) is 0 Å². The molecule has 1 aliphatic rings. The molecule has 2 amide bonds. The topological polar surface area (TPSA) is 75.4 Å². The van der Waals surface area contributed by atoms with Crippen LogP contribution >= 0.6 is 0 Å². The van der Waals surface area contributed by atoms with Gasteiger partial charge in [0.25, 0.3) is 5.91 Å². The summed E-state index contributed by atoms with van der Waals surface area (Å²) >= 11 is 0. The first kappa shape index (κ1) is 18.0. The lowest BCUT2D eigenvalue weighted by molar-refractivity contribution is -0.123. The van der Waals surface area contributed by atoms with E-state index in [0.29, 0.717) is 31.5 Å². The summed E-state index contributed by atoms with van der Waals surface area (Å²) in [4.78, 5) is 26.1. The van der Waals surface area contributed by atoms with Crippen molar-refractivity contribution >= 4 is 23.2 Å². The number of aryl methyl sites for hydroxylation is 1. The second-order valence-corrected chi connectivity index (χ2v) is 6.89. The number of anilines is 2. The zero-order valence-corrected chi connectivity index (χ0v) is 15.3. The maximum atomic E-state index is 13.0. The maximum absolute atomic E-state index is 13.0. The van der Waals surface area contributed by atoms with E-state index in [9.17, 15) is 9.59 Å². The Labute approximate surface area is 154 Å². The lowest BCUT2D eigenvalue weighted by Gasteiger charge is -2.31. The average Bonchev–Trinajstić information content (AvgIpc) is 2.65. The van der Waals surface area contributed by atoms with E-state index in [1.54, 1.807) is 0 Å². The van der Waals surface area contributed by atoms with Gasteiger partial charge in [0, 0.05) is 24.7 Å². The van der Waals surface area contributed by atoms with Crippen molar-refractivity contribution in [3.8, 4) is 0 Å². The lowest BCUT2D eigenvalue weighted by atomic mass is 9.95. The molecule has 1 heterocycles. The first-order valence-corrected chi connectivity index (χ1v) is 8.98. The molecule has 136 valence electrons. The molecule has 1 saturated heterocycles. The maximum Gasteiger partial charge on any atom is 0.255 e. The van der Waals surface area contributed by atoms with Crippen LogP contribution in [0.2, 0.25) is 0 Å². The van der Waals surface area contributed by atoms with Gasteiger partial charge in [-0.1, -0.05) is 24.3 Å². The minimum absolute atomic E-state index is 0.0127. The molecule has 3 rings (SSSR count). The molecule has 1 fully saturated rings. The Morgan fingerprint density at radius 1 is 1.00 bits per heavy atom. The number of likely N-dealkylation sites (tertiary alicyclic amines) is 1. The van der Waals surface area contributed by atoms with Crippen LogP contribution in [0.4, 0.5) is 11.4 Å². The highest BCUT2D eigenvalue weighted by Gasteiger charge is 2.27. The van der Waals surface area contributed by atoms with Gasteiger partial charge in [0.1, 0.15) is 0 Å². The van der Waals surface area contributed by atoms with Crippen LogP contribution in [0.3, 0.4) is 0 Å². The van der Waals surface area contributed by atoms with Gasteiger partial charge < -0.3 is 16.0 Å². The zero-order chi connectivity index (χ0) is 18.7. The minimum atomic E-state index is -0.269. The highest BCUT2D eigenvalue weighted by atomic mass is 16.2. The number of nitrogens with one attached hydrogen (secondary N) is 1. The van der Waals surface area contributed by atoms with Gasteiger partial charge >= 0.3 is 0 Å². The Balaban J connectivity index is 1.80. The fourth-order valence-electron chi connectivity index (χ4n) is 3.35. The van der Waals surface area contributed by atoms with Crippen molar-refractivity contribution in [2.24, 2.45) is 11.7 Å². The molecule has 5 heteroatoms. The highest BCUT2D eigenvalue weighted by Crippen LogP contribution is 2.27. The summed E-state index contributed by atoms with van der Waals surface area (Å²) < 4.78 is 0. The number of benzene rings is 2. The minimum Gasteiger partial charge on any atom is -0.369 e. The molecule has 1 aliphatic heterocycles. The van der Waals surface area contributed by atoms with Gasteiger partial charge in [-0.05, 0) is 56.0 Å². The summed E-state index contributed by atoms with van der Waals surface area (Å²) in [6.45, 7) is 5.26. The molecule has 5 nitrogen and oxygen atoms in total. The predicted octanol–water partition coefficient (Wildman–Crippen LogP) is 3.38. The van der Waals surface area contributed by atoms with E-state index in [2.05, 4.69) is 25.2 Å². The van der Waals surface area contributed by atoms with Crippen LogP contribution < -0.4 is 11.1 Å². The third-order valence-electron chi connectivity index (χ3n) is 5.22. The molecule has 2 aromatic rings. The molecule has 0 radical (unpaired) electrons. The first-order valence-electron chi connectivity index (χ1n) is 8.98. The molecule has 2 aromatic carbocycles. The van der Waals surface area contributed by atoms with Crippen molar-refractivity contribution in [1.82, 2.24) is 4.90 Å². The fourth-order valence-corrected chi connectivity index (χ4v) is 3.35. The van der Waals surface area contributed by atoms with Gasteiger partial charge in [-0.3, -0.25) is 9.59 Å². The number of para-hydroxylation sites is 1. The Kier molecular flexibility index (Phi) is 5.26. The highest BCUT2D eigenvalue weighted by molar-refractivity contribution is 6.00. The number of primary amides is 1. The zero-order valence-electron chi connectivity index (χ0n) is 15.3. The third kappa shape index (κ3) is 3.72. The quantitative estimate of drug-likeness (QED) is 0.886. The Morgan fingerprint density at radius 2 is 1.65 bits per heavy atom. The van der Waals surface area contributed by atoms with Crippen molar-refractivity contribution in [2.45, 2.75) is 26.7 Å². The van der Waals surface area contributed by atoms with Crippen LogP contribution in [0, 0.1) is 19.8 Å². The Morgan fingerprint density at radius 3 is 2.35 bits per heavy atom. The summed E-state index contributed by atoms with van der Waals surface area (Å²) in [6.07, 6.45) is 1.27.